The molecule has 33 heavy (non-hydrogen) atoms. The van der Waals surface area contributed by atoms with Crippen LogP contribution in [0.4, 0.5) is 27.6 Å². The number of hydrogen-bond donors (Lipinski definition) is 2. The summed E-state index contributed by atoms with van der Waals surface area (Å²) in [5.41, 5.74) is -2.18. The molecule has 0 saturated heterocycles. The van der Waals surface area contributed by atoms with E-state index in [4.69, 9.17) is 0 Å². The lowest BCUT2D eigenvalue weighted by atomic mass is 9.87. The molecule has 1 aliphatic rings. The van der Waals surface area contributed by atoms with Gasteiger partial charge in [-0.1, -0.05) is 6.07 Å². The van der Waals surface area contributed by atoms with Crippen molar-refractivity contribution in [2.75, 3.05) is 11.9 Å². The van der Waals surface area contributed by atoms with Crippen molar-refractivity contribution in [3.63, 3.8) is 0 Å². The molecule has 2 N–H and O–H groups in total. The third kappa shape index (κ3) is 4.97. The Balaban J connectivity index is 1.62. The van der Waals surface area contributed by atoms with Gasteiger partial charge in [-0.05, 0) is 55.9 Å². The zero-order chi connectivity index (χ0) is 23.8. The van der Waals surface area contributed by atoms with E-state index in [9.17, 15) is 31.9 Å². The van der Waals surface area contributed by atoms with Gasteiger partial charge in [-0.2, -0.15) is 18.3 Å². The highest BCUT2D eigenvalue weighted by atomic mass is 19.4. The van der Waals surface area contributed by atoms with Crippen molar-refractivity contribution in [3.8, 4) is 0 Å². The molecule has 1 aromatic carbocycles. The Kier molecular flexibility index (Phi) is 6.33. The number of aliphatic hydroxyl groups is 1. The van der Waals surface area contributed by atoms with Crippen LogP contribution in [0.15, 0.2) is 36.5 Å². The highest BCUT2D eigenvalue weighted by molar-refractivity contribution is 6.04. The smallest absolute Gasteiger partial charge is 0.396 e. The molecule has 2 aromatic heterocycles. The maximum atomic E-state index is 13.7. The zero-order valence-electron chi connectivity index (χ0n) is 17.3. The fourth-order valence-corrected chi connectivity index (χ4v) is 4.08. The largest absolute Gasteiger partial charge is 0.433 e. The van der Waals surface area contributed by atoms with E-state index >= 15 is 0 Å². The number of anilines is 1. The standard InChI is InChI=1S/C22H21F5N4O2/c23-20(24)15-9-17-13(10-31(30-17)14-6-4-12(11-32)5-7-14)8-18(15)29-21(33)16-2-1-3-19(28-16)22(25,26)27/h1-3,8-10,12,14,20,32H,4-7,11H2,(H,29,33). The van der Waals surface area contributed by atoms with Crippen LogP contribution in [-0.2, 0) is 6.18 Å². The summed E-state index contributed by atoms with van der Waals surface area (Å²) in [6.45, 7) is 0.134. The first-order chi connectivity index (χ1) is 15.7. The number of carbonyl (C=O) groups is 1. The first-order valence-electron chi connectivity index (χ1n) is 10.4. The number of alkyl halides is 5. The number of rotatable bonds is 5. The second kappa shape index (κ2) is 9.05. The minimum Gasteiger partial charge on any atom is -0.396 e. The molecule has 3 aromatic rings. The molecular formula is C22H21F5N4O2. The van der Waals surface area contributed by atoms with Crippen LogP contribution < -0.4 is 5.32 Å². The van der Waals surface area contributed by atoms with E-state index in [1.165, 1.54) is 12.1 Å². The van der Waals surface area contributed by atoms with Crippen molar-refractivity contribution in [2.45, 2.75) is 44.3 Å². The van der Waals surface area contributed by atoms with E-state index in [1.807, 2.05) is 0 Å². The molecule has 2 heterocycles. The number of carbonyl (C=O) groups excluding carboxylic acids is 1. The molecule has 0 unspecified atom stereocenters. The van der Waals surface area contributed by atoms with Gasteiger partial charge in [-0.15, -0.1) is 0 Å². The fraction of sp³-hybridized carbons (Fsp3) is 0.409. The quantitative estimate of drug-likeness (QED) is 0.494. The molecule has 176 valence electrons. The molecule has 6 nitrogen and oxygen atoms in total. The van der Waals surface area contributed by atoms with Crippen LogP contribution in [-0.4, -0.2) is 32.4 Å². The van der Waals surface area contributed by atoms with E-state index in [0.29, 0.717) is 10.9 Å². The molecule has 4 rings (SSSR count). The highest BCUT2D eigenvalue weighted by Crippen LogP contribution is 2.35. The molecule has 1 aliphatic carbocycles. The Hall–Kier alpha value is -3.08. The molecule has 0 aliphatic heterocycles. The minimum absolute atomic E-state index is 0.0718. The lowest BCUT2D eigenvalue weighted by molar-refractivity contribution is -0.141. The summed E-state index contributed by atoms with van der Waals surface area (Å²) in [6.07, 6.45) is -2.71. The second-order valence-corrected chi connectivity index (χ2v) is 8.13. The normalized spacial score (nSPS) is 19.2. The molecule has 0 spiro atoms. The Labute approximate surface area is 185 Å². The predicted molar refractivity (Wildman–Crippen MR) is 110 cm³/mol. The molecule has 1 saturated carbocycles. The summed E-state index contributed by atoms with van der Waals surface area (Å²) in [7, 11) is 0. The lowest BCUT2D eigenvalue weighted by Crippen LogP contribution is -2.20. The summed E-state index contributed by atoms with van der Waals surface area (Å²) < 4.78 is 67.8. The number of fused-ring (bicyclic) bond motifs is 1. The van der Waals surface area contributed by atoms with Crippen molar-refractivity contribution in [3.05, 3.63) is 53.5 Å². The second-order valence-electron chi connectivity index (χ2n) is 8.13. The number of pyridine rings is 1. The summed E-state index contributed by atoms with van der Waals surface area (Å²) >= 11 is 0. The van der Waals surface area contributed by atoms with E-state index in [2.05, 4.69) is 15.4 Å². The van der Waals surface area contributed by atoms with Crippen molar-refractivity contribution >= 4 is 22.5 Å². The molecule has 1 amide bonds. The van der Waals surface area contributed by atoms with Crippen LogP contribution in [0.5, 0.6) is 0 Å². The highest BCUT2D eigenvalue weighted by Gasteiger charge is 2.33. The van der Waals surface area contributed by atoms with E-state index < -0.39 is 35.5 Å². The number of nitrogens with zero attached hydrogens (tertiary/aromatic N) is 3. The molecule has 1 fully saturated rings. The average Bonchev–Trinajstić information content (AvgIpc) is 3.21. The third-order valence-electron chi connectivity index (χ3n) is 5.90. The number of hydrogen-bond acceptors (Lipinski definition) is 4. The van der Waals surface area contributed by atoms with Crippen molar-refractivity contribution < 1.29 is 31.9 Å². The summed E-state index contributed by atoms with van der Waals surface area (Å²) in [5, 5.41) is 16.5. The van der Waals surface area contributed by atoms with Crippen molar-refractivity contribution in [1.29, 1.82) is 0 Å². The summed E-state index contributed by atoms with van der Waals surface area (Å²) in [4.78, 5) is 15.8. The van der Waals surface area contributed by atoms with E-state index in [0.717, 1.165) is 43.9 Å². The predicted octanol–water partition coefficient (Wildman–Crippen LogP) is 5.36. The Morgan fingerprint density at radius 3 is 2.55 bits per heavy atom. The van der Waals surface area contributed by atoms with Crippen LogP contribution in [0.25, 0.3) is 10.9 Å². The molecule has 11 heteroatoms. The Morgan fingerprint density at radius 1 is 1.18 bits per heavy atom. The van der Waals surface area contributed by atoms with Crippen molar-refractivity contribution in [2.24, 2.45) is 5.92 Å². The first-order valence-corrected chi connectivity index (χ1v) is 10.4. The van der Waals surface area contributed by atoms with Gasteiger partial charge in [0.2, 0.25) is 0 Å². The van der Waals surface area contributed by atoms with Gasteiger partial charge in [0.25, 0.3) is 12.3 Å². The Morgan fingerprint density at radius 2 is 1.91 bits per heavy atom. The zero-order valence-corrected chi connectivity index (χ0v) is 17.3. The number of aromatic nitrogens is 3. The van der Waals surface area contributed by atoms with Gasteiger partial charge in [0.15, 0.2) is 0 Å². The van der Waals surface area contributed by atoms with Gasteiger partial charge < -0.3 is 10.4 Å². The van der Waals surface area contributed by atoms with Crippen LogP contribution >= 0.6 is 0 Å². The maximum Gasteiger partial charge on any atom is 0.433 e. The summed E-state index contributed by atoms with van der Waals surface area (Å²) in [6, 6.07) is 5.40. The number of aliphatic hydroxyl groups excluding tert-OH is 1. The maximum absolute atomic E-state index is 13.7. The summed E-state index contributed by atoms with van der Waals surface area (Å²) in [5.74, 6) is -0.778. The Bertz CT molecular complexity index is 1150. The SMILES string of the molecule is O=C(Nc1cc2cn(C3CCC(CO)CC3)nc2cc1C(F)F)c1cccc(C(F)(F)F)n1. The van der Waals surface area contributed by atoms with Gasteiger partial charge >= 0.3 is 6.18 Å². The molecule has 0 radical (unpaired) electrons. The topological polar surface area (TPSA) is 80.0 Å². The number of amides is 1. The van der Waals surface area contributed by atoms with Gasteiger partial charge in [-0.25, -0.2) is 13.8 Å². The lowest BCUT2D eigenvalue weighted by Gasteiger charge is -2.27. The first kappa shape index (κ1) is 23.1. The fourth-order valence-electron chi connectivity index (χ4n) is 4.08. The van der Waals surface area contributed by atoms with Gasteiger partial charge in [0.05, 0.1) is 17.2 Å². The number of benzene rings is 1. The average molecular weight is 468 g/mol. The van der Waals surface area contributed by atoms with Crippen LogP contribution in [0.2, 0.25) is 0 Å². The molecular weight excluding hydrogens is 447 g/mol. The third-order valence-corrected chi connectivity index (χ3v) is 5.90. The molecule has 0 atom stereocenters. The monoisotopic (exact) mass is 468 g/mol. The minimum atomic E-state index is -4.74. The van der Waals surface area contributed by atoms with E-state index in [-0.39, 0.29) is 24.3 Å². The number of nitrogens with one attached hydrogen (secondary N) is 1. The number of halogens is 5. The molecule has 0 bridgehead atoms. The van der Waals surface area contributed by atoms with Gasteiger partial charge in [-0.3, -0.25) is 9.48 Å². The van der Waals surface area contributed by atoms with Crippen LogP contribution in [0, 0.1) is 5.92 Å². The van der Waals surface area contributed by atoms with Gasteiger partial charge in [0, 0.05) is 23.8 Å². The van der Waals surface area contributed by atoms with Crippen molar-refractivity contribution in [1.82, 2.24) is 14.8 Å². The van der Waals surface area contributed by atoms with Gasteiger partial charge in [0.1, 0.15) is 11.4 Å². The van der Waals surface area contributed by atoms with E-state index in [1.54, 1.807) is 10.9 Å². The van der Waals surface area contributed by atoms with Crippen LogP contribution in [0.3, 0.4) is 0 Å². The van der Waals surface area contributed by atoms with Crippen LogP contribution in [0.1, 0.15) is 59.9 Å².